The minimum atomic E-state index is -0.688. The third kappa shape index (κ3) is 2.95. The van der Waals surface area contributed by atoms with Crippen LogP contribution in [0, 0.1) is 5.92 Å². The molecule has 1 aliphatic rings. The van der Waals surface area contributed by atoms with Crippen molar-refractivity contribution in [1.29, 1.82) is 0 Å². The van der Waals surface area contributed by atoms with Gasteiger partial charge >= 0.3 is 5.97 Å². The van der Waals surface area contributed by atoms with Crippen LogP contribution in [0.2, 0.25) is 0 Å². The number of ether oxygens (including phenoxy) is 1. The third-order valence-corrected chi connectivity index (χ3v) is 3.24. The Balaban J connectivity index is 1.93. The van der Waals surface area contributed by atoms with E-state index in [4.69, 9.17) is 9.84 Å². The number of carboxylic acid groups (broad SMARTS) is 1. The average molecular weight is 251 g/mol. The van der Waals surface area contributed by atoms with Gasteiger partial charge in [0.1, 0.15) is 5.69 Å². The number of nitrogens with zero attached hydrogens (tertiary/aromatic N) is 3. The second-order valence-corrected chi connectivity index (χ2v) is 4.40. The molecule has 6 nitrogen and oxygen atoms in total. The van der Waals surface area contributed by atoms with Crippen molar-refractivity contribution < 1.29 is 14.6 Å². The fourth-order valence-corrected chi connectivity index (χ4v) is 2.18. The van der Waals surface area contributed by atoms with Crippen molar-refractivity contribution in [2.45, 2.75) is 19.4 Å². The minimum Gasteiger partial charge on any atom is -0.481 e. The number of aromatic nitrogens is 2. The highest BCUT2D eigenvalue weighted by molar-refractivity contribution is 5.70. The second-order valence-electron chi connectivity index (χ2n) is 4.40. The van der Waals surface area contributed by atoms with Gasteiger partial charge in [0.15, 0.2) is 0 Å². The first-order valence-electron chi connectivity index (χ1n) is 5.99. The molecule has 6 heteroatoms. The van der Waals surface area contributed by atoms with Gasteiger partial charge in [-0.25, -0.2) is 4.98 Å². The monoisotopic (exact) mass is 251 g/mol. The van der Waals surface area contributed by atoms with Gasteiger partial charge < -0.3 is 9.84 Å². The summed E-state index contributed by atoms with van der Waals surface area (Å²) in [6.45, 7) is 2.21. The lowest BCUT2D eigenvalue weighted by Gasteiger charge is -2.29. The van der Waals surface area contributed by atoms with E-state index in [9.17, 15) is 4.79 Å². The highest BCUT2D eigenvalue weighted by atomic mass is 16.5. The fraction of sp³-hybridized carbons (Fsp3) is 0.583. The quantitative estimate of drug-likeness (QED) is 0.852. The van der Waals surface area contributed by atoms with E-state index < -0.39 is 5.97 Å². The molecule has 1 fully saturated rings. The van der Waals surface area contributed by atoms with E-state index in [1.54, 1.807) is 19.5 Å². The molecule has 0 aromatic carbocycles. The molecule has 0 spiro atoms. The Morgan fingerprint density at radius 2 is 2.11 bits per heavy atom. The summed E-state index contributed by atoms with van der Waals surface area (Å²) >= 11 is 0. The Morgan fingerprint density at radius 1 is 1.44 bits per heavy atom. The lowest BCUT2D eigenvalue weighted by molar-refractivity contribution is -0.143. The van der Waals surface area contributed by atoms with Gasteiger partial charge in [-0.15, -0.1) is 0 Å². The van der Waals surface area contributed by atoms with Gasteiger partial charge in [0.2, 0.25) is 5.88 Å². The number of carboxylic acids is 1. The maximum absolute atomic E-state index is 10.9. The van der Waals surface area contributed by atoms with Crippen LogP contribution in [-0.4, -0.2) is 46.1 Å². The van der Waals surface area contributed by atoms with E-state index in [0.29, 0.717) is 25.3 Å². The Labute approximate surface area is 106 Å². The van der Waals surface area contributed by atoms with Gasteiger partial charge in [0.05, 0.1) is 13.0 Å². The van der Waals surface area contributed by atoms with Crippen molar-refractivity contribution in [2.24, 2.45) is 5.92 Å². The number of carbonyl (C=O) groups is 1. The molecule has 1 N–H and O–H groups in total. The molecule has 0 unspecified atom stereocenters. The molecule has 0 saturated carbocycles. The van der Waals surface area contributed by atoms with Crippen LogP contribution < -0.4 is 4.74 Å². The molecule has 1 aromatic rings. The molecule has 1 saturated heterocycles. The summed E-state index contributed by atoms with van der Waals surface area (Å²) in [6, 6.07) is 0. The van der Waals surface area contributed by atoms with Crippen LogP contribution in [0.4, 0.5) is 0 Å². The first-order valence-corrected chi connectivity index (χ1v) is 5.99. The Hall–Kier alpha value is -1.69. The SMILES string of the molecule is COc1nccnc1CN1CCC(C(=O)O)CC1. The van der Waals surface area contributed by atoms with Crippen molar-refractivity contribution in [3.05, 3.63) is 18.1 Å². The third-order valence-electron chi connectivity index (χ3n) is 3.24. The average Bonchev–Trinajstić information content (AvgIpc) is 2.40. The fourth-order valence-electron chi connectivity index (χ4n) is 2.18. The maximum atomic E-state index is 10.9. The van der Waals surface area contributed by atoms with Crippen molar-refractivity contribution >= 4 is 5.97 Å². The van der Waals surface area contributed by atoms with Crippen LogP contribution in [0.1, 0.15) is 18.5 Å². The zero-order valence-corrected chi connectivity index (χ0v) is 10.4. The maximum Gasteiger partial charge on any atom is 0.306 e. The summed E-state index contributed by atoms with van der Waals surface area (Å²) in [5.74, 6) is -0.352. The van der Waals surface area contributed by atoms with E-state index >= 15 is 0 Å². The van der Waals surface area contributed by atoms with Crippen LogP contribution in [0.15, 0.2) is 12.4 Å². The van der Waals surface area contributed by atoms with Crippen molar-refractivity contribution in [2.75, 3.05) is 20.2 Å². The summed E-state index contributed by atoms with van der Waals surface area (Å²) in [7, 11) is 1.57. The smallest absolute Gasteiger partial charge is 0.306 e. The zero-order chi connectivity index (χ0) is 13.0. The number of piperidine rings is 1. The number of aliphatic carboxylic acids is 1. The Kier molecular flexibility index (Phi) is 4.09. The predicted octanol–water partition coefficient (Wildman–Crippen LogP) is 0.782. The molecule has 0 atom stereocenters. The number of hydrogen-bond acceptors (Lipinski definition) is 5. The normalized spacial score (nSPS) is 17.6. The largest absolute Gasteiger partial charge is 0.481 e. The van der Waals surface area contributed by atoms with Crippen molar-refractivity contribution in [1.82, 2.24) is 14.9 Å². The number of methoxy groups -OCH3 is 1. The first-order chi connectivity index (χ1) is 8.70. The highest BCUT2D eigenvalue weighted by Gasteiger charge is 2.25. The minimum absolute atomic E-state index is 0.204. The Bertz CT molecular complexity index is 417. The topological polar surface area (TPSA) is 75.6 Å². The van der Waals surface area contributed by atoms with Crippen molar-refractivity contribution in [3.8, 4) is 5.88 Å². The first kappa shape index (κ1) is 12.8. The summed E-state index contributed by atoms with van der Waals surface area (Å²) < 4.78 is 5.15. The highest BCUT2D eigenvalue weighted by Crippen LogP contribution is 2.20. The van der Waals surface area contributed by atoms with Gasteiger partial charge in [-0.2, -0.15) is 0 Å². The summed E-state index contributed by atoms with van der Waals surface area (Å²) in [6.07, 6.45) is 4.62. The van der Waals surface area contributed by atoms with E-state index in [0.717, 1.165) is 18.8 Å². The molecule has 2 rings (SSSR count). The van der Waals surface area contributed by atoms with E-state index in [1.165, 1.54) is 0 Å². The summed E-state index contributed by atoms with van der Waals surface area (Å²) in [5.41, 5.74) is 0.800. The molecule has 98 valence electrons. The second kappa shape index (κ2) is 5.77. The van der Waals surface area contributed by atoms with Crippen LogP contribution in [0.25, 0.3) is 0 Å². The van der Waals surface area contributed by atoms with E-state index in [1.807, 2.05) is 0 Å². The standard InChI is InChI=1S/C12H17N3O3/c1-18-11-10(13-4-5-14-11)8-15-6-2-9(3-7-15)12(16)17/h4-5,9H,2-3,6-8H2,1H3,(H,16,17). The lowest BCUT2D eigenvalue weighted by Crippen LogP contribution is -2.36. The molecular weight excluding hydrogens is 234 g/mol. The van der Waals surface area contributed by atoms with Gasteiger partial charge in [-0.3, -0.25) is 14.7 Å². The lowest BCUT2D eigenvalue weighted by atomic mass is 9.97. The summed E-state index contributed by atoms with van der Waals surface area (Å²) in [5, 5.41) is 8.94. The van der Waals surface area contributed by atoms with E-state index in [2.05, 4.69) is 14.9 Å². The molecule has 2 heterocycles. The van der Waals surface area contributed by atoms with Crippen molar-refractivity contribution in [3.63, 3.8) is 0 Å². The van der Waals surface area contributed by atoms with Gasteiger partial charge in [-0.1, -0.05) is 0 Å². The van der Waals surface area contributed by atoms with Crippen LogP contribution in [0.5, 0.6) is 5.88 Å². The molecule has 0 bridgehead atoms. The summed E-state index contributed by atoms with van der Waals surface area (Å²) in [4.78, 5) is 21.4. The molecular formula is C12H17N3O3. The molecule has 0 aliphatic carbocycles. The molecule has 1 aromatic heterocycles. The molecule has 0 amide bonds. The Morgan fingerprint density at radius 3 is 2.72 bits per heavy atom. The number of likely N-dealkylation sites (tertiary alicyclic amines) is 1. The van der Waals surface area contributed by atoms with Crippen LogP contribution in [-0.2, 0) is 11.3 Å². The van der Waals surface area contributed by atoms with Crippen LogP contribution in [0.3, 0.4) is 0 Å². The number of rotatable bonds is 4. The van der Waals surface area contributed by atoms with Crippen LogP contribution >= 0.6 is 0 Å². The molecule has 0 radical (unpaired) electrons. The van der Waals surface area contributed by atoms with E-state index in [-0.39, 0.29) is 5.92 Å². The van der Waals surface area contributed by atoms with Gasteiger partial charge in [0, 0.05) is 18.9 Å². The zero-order valence-electron chi connectivity index (χ0n) is 10.4. The van der Waals surface area contributed by atoms with Gasteiger partial charge in [-0.05, 0) is 25.9 Å². The predicted molar refractivity (Wildman–Crippen MR) is 64.2 cm³/mol. The molecule has 1 aliphatic heterocycles. The van der Waals surface area contributed by atoms with Gasteiger partial charge in [0.25, 0.3) is 0 Å². The molecule has 18 heavy (non-hydrogen) atoms. The number of hydrogen-bond donors (Lipinski definition) is 1.